The molecule has 0 radical (unpaired) electrons. The Labute approximate surface area is 163 Å². The predicted octanol–water partition coefficient (Wildman–Crippen LogP) is 3.52. The normalized spacial score (nSPS) is 11.8. The van der Waals surface area contributed by atoms with E-state index in [2.05, 4.69) is 32.7 Å². The monoisotopic (exact) mass is 378 g/mol. The number of aromatic nitrogens is 6. The lowest BCUT2D eigenvalue weighted by Gasteiger charge is -2.07. The lowest BCUT2D eigenvalue weighted by Crippen LogP contribution is -2.06. The van der Waals surface area contributed by atoms with Gasteiger partial charge in [0.15, 0.2) is 11.6 Å². The highest BCUT2D eigenvalue weighted by Gasteiger charge is 2.23. The SMILES string of the molecule is Cc1ccc(Cc2nc3n(n2)Cc2c(C)ncn2-c2ccccc2-3)cn1.Cl. The summed E-state index contributed by atoms with van der Waals surface area (Å²) in [5.41, 5.74) is 6.46. The summed E-state index contributed by atoms with van der Waals surface area (Å²) in [4.78, 5) is 13.7. The second kappa shape index (κ2) is 6.63. The first-order valence-electron chi connectivity index (χ1n) is 8.67. The van der Waals surface area contributed by atoms with Gasteiger partial charge in [-0.1, -0.05) is 18.2 Å². The Morgan fingerprint density at radius 2 is 1.89 bits per heavy atom. The average Bonchev–Trinajstić information content (AvgIpc) is 3.18. The van der Waals surface area contributed by atoms with E-state index in [9.17, 15) is 0 Å². The zero-order chi connectivity index (χ0) is 17.7. The van der Waals surface area contributed by atoms with Gasteiger partial charge >= 0.3 is 0 Å². The number of nitrogens with zero attached hydrogens (tertiary/aromatic N) is 6. The summed E-state index contributed by atoms with van der Waals surface area (Å²) >= 11 is 0. The van der Waals surface area contributed by atoms with Crippen LogP contribution < -0.4 is 0 Å². The Morgan fingerprint density at radius 1 is 1.04 bits per heavy atom. The highest BCUT2D eigenvalue weighted by molar-refractivity contribution is 5.85. The molecular formula is C20H19ClN6. The van der Waals surface area contributed by atoms with E-state index < -0.39 is 0 Å². The zero-order valence-electron chi connectivity index (χ0n) is 15.1. The maximum atomic E-state index is 4.85. The number of pyridine rings is 1. The van der Waals surface area contributed by atoms with Gasteiger partial charge in [-0.05, 0) is 37.6 Å². The van der Waals surface area contributed by atoms with E-state index in [0.717, 1.165) is 45.5 Å². The summed E-state index contributed by atoms with van der Waals surface area (Å²) < 4.78 is 4.13. The van der Waals surface area contributed by atoms with Crippen LogP contribution in [0.5, 0.6) is 0 Å². The van der Waals surface area contributed by atoms with Crippen LogP contribution in [0.4, 0.5) is 0 Å². The second-order valence-corrected chi connectivity index (χ2v) is 6.66. The molecule has 0 N–H and O–H groups in total. The topological polar surface area (TPSA) is 61.4 Å². The van der Waals surface area contributed by atoms with Gasteiger partial charge in [0.25, 0.3) is 0 Å². The minimum absolute atomic E-state index is 0. The van der Waals surface area contributed by atoms with Crippen molar-refractivity contribution in [1.29, 1.82) is 0 Å². The highest BCUT2D eigenvalue weighted by atomic mass is 35.5. The maximum absolute atomic E-state index is 4.85. The minimum atomic E-state index is 0. The first-order chi connectivity index (χ1) is 12.7. The number of hydrogen-bond acceptors (Lipinski definition) is 4. The molecule has 0 atom stereocenters. The largest absolute Gasteiger partial charge is 0.300 e. The fourth-order valence-corrected chi connectivity index (χ4v) is 3.43. The fourth-order valence-electron chi connectivity index (χ4n) is 3.43. The second-order valence-electron chi connectivity index (χ2n) is 6.66. The highest BCUT2D eigenvalue weighted by Crippen LogP contribution is 2.31. The molecule has 1 aliphatic rings. The molecule has 0 spiro atoms. The fraction of sp³-hybridized carbons (Fsp3) is 0.200. The van der Waals surface area contributed by atoms with Crippen molar-refractivity contribution >= 4 is 12.4 Å². The van der Waals surface area contributed by atoms with E-state index in [0.29, 0.717) is 13.0 Å². The molecule has 3 aromatic heterocycles. The predicted molar refractivity (Wildman–Crippen MR) is 105 cm³/mol. The standard InChI is InChI=1S/C20H18N6.ClH/c1-13-7-8-15(10-21-13)9-19-23-20-16-5-3-4-6-17(16)25-12-22-14(2)18(25)11-26(20)24-19;/h3-8,10,12H,9,11H2,1-2H3;1H. The molecule has 0 unspecified atom stereocenters. The third kappa shape index (κ3) is 2.92. The molecule has 4 heterocycles. The van der Waals surface area contributed by atoms with Gasteiger partial charge in [-0.3, -0.25) is 4.98 Å². The number of benzene rings is 1. The van der Waals surface area contributed by atoms with Gasteiger partial charge in [0, 0.05) is 23.9 Å². The van der Waals surface area contributed by atoms with E-state index in [1.54, 1.807) is 0 Å². The molecule has 136 valence electrons. The molecule has 0 saturated heterocycles. The van der Waals surface area contributed by atoms with Gasteiger partial charge in [0.1, 0.15) is 0 Å². The van der Waals surface area contributed by atoms with Crippen LogP contribution in [-0.2, 0) is 13.0 Å². The molecule has 1 aliphatic heterocycles. The van der Waals surface area contributed by atoms with Gasteiger partial charge < -0.3 is 4.57 Å². The van der Waals surface area contributed by atoms with Crippen LogP contribution in [0.2, 0.25) is 0 Å². The quantitative estimate of drug-likeness (QED) is 0.471. The smallest absolute Gasteiger partial charge is 0.160 e. The van der Waals surface area contributed by atoms with Crippen molar-refractivity contribution in [2.45, 2.75) is 26.8 Å². The third-order valence-corrected chi connectivity index (χ3v) is 4.83. The molecule has 0 fully saturated rings. The van der Waals surface area contributed by atoms with E-state index >= 15 is 0 Å². The molecular weight excluding hydrogens is 360 g/mol. The van der Waals surface area contributed by atoms with Crippen LogP contribution in [0.1, 0.15) is 28.5 Å². The Hall–Kier alpha value is -2.99. The van der Waals surface area contributed by atoms with Crippen molar-refractivity contribution in [2.75, 3.05) is 0 Å². The van der Waals surface area contributed by atoms with E-state index in [-0.39, 0.29) is 12.4 Å². The van der Waals surface area contributed by atoms with Crippen LogP contribution in [0.25, 0.3) is 17.1 Å². The van der Waals surface area contributed by atoms with Crippen LogP contribution >= 0.6 is 12.4 Å². The van der Waals surface area contributed by atoms with E-state index in [4.69, 9.17) is 10.1 Å². The van der Waals surface area contributed by atoms with Gasteiger partial charge in [-0.15, -0.1) is 12.4 Å². The van der Waals surface area contributed by atoms with Crippen LogP contribution in [-0.4, -0.2) is 29.3 Å². The van der Waals surface area contributed by atoms with Gasteiger partial charge in [-0.25, -0.2) is 14.6 Å². The molecule has 0 saturated carbocycles. The molecule has 0 bridgehead atoms. The first-order valence-corrected chi connectivity index (χ1v) is 8.67. The van der Waals surface area contributed by atoms with E-state index in [1.807, 2.05) is 49.3 Å². The van der Waals surface area contributed by atoms with Crippen molar-refractivity contribution in [1.82, 2.24) is 29.3 Å². The van der Waals surface area contributed by atoms with Crippen LogP contribution in [0, 0.1) is 13.8 Å². The number of aryl methyl sites for hydroxylation is 2. The van der Waals surface area contributed by atoms with Crippen molar-refractivity contribution in [2.24, 2.45) is 0 Å². The van der Waals surface area contributed by atoms with Gasteiger partial charge in [0.2, 0.25) is 0 Å². The lowest BCUT2D eigenvalue weighted by molar-refractivity contribution is 0.664. The molecule has 5 rings (SSSR count). The number of halogens is 1. The van der Waals surface area contributed by atoms with Crippen molar-refractivity contribution in [3.63, 3.8) is 0 Å². The average molecular weight is 379 g/mol. The summed E-state index contributed by atoms with van der Waals surface area (Å²) in [5.74, 6) is 1.71. The van der Waals surface area contributed by atoms with Gasteiger partial charge in [-0.2, -0.15) is 5.10 Å². The zero-order valence-corrected chi connectivity index (χ0v) is 15.9. The Kier molecular flexibility index (Phi) is 4.28. The Balaban J connectivity index is 0.00000180. The molecule has 7 heteroatoms. The molecule has 27 heavy (non-hydrogen) atoms. The number of rotatable bonds is 2. The minimum Gasteiger partial charge on any atom is -0.300 e. The molecule has 0 aliphatic carbocycles. The van der Waals surface area contributed by atoms with Crippen LogP contribution in [0.15, 0.2) is 48.9 Å². The maximum Gasteiger partial charge on any atom is 0.160 e. The summed E-state index contributed by atoms with van der Waals surface area (Å²) in [6.07, 6.45) is 4.46. The number of imidazole rings is 1. The van der Waals surface area contributed by atoms with Crippen molar-refractivity contribution in [3.05, 3.63) is 77.4 Å². The third-order valence-electron chi connectivity index (χ3n) is 4.83. The van der Waals surface area contributed by atoms with Crippen LogP contribution in [0.3, 0.4) is 0 Å². The summed E-state index contributed by atoms with van der Waals surface area (Å²) in [6.45, 7) is 4.69. The Bertz CT molecular complexity index is 1110. The molecule has 0 amide bonds. The van der Waals surface area contributed by atoms with Crippen molar-refractivity contribution < 1.29 is 0 Å². The number of fused-ring (bicyclic) bond motifs is 5. The Morgan fingerprint density at radius 3 is 2.70 bits per heavy atom. The van der Waals surface area contributed by atoms with Crippen molar-refractivity contribution in [3.8, 4) is 17.1 Å². The molecule has 4 aromatic rings. The summed E-state index contributed by atoms with van der Waals surface area (Å²) in [7, 11) is 0. The summed E-state index contributed by atoms with van der Waals surface area (Å²) in [6, 6.07) is 12.4. The van der Waals surface area contributed by atoms with E-state index in [1.165, 1.54) is 0 Å². The number of hydrogen-bond donors (Lipinski definition) is 0. The number of para-hydroxylation sites is 1. The molecule has 6 nitrogen and oxygen atoms in total. The summed E-state index contributed by atoms with van der Waals surface area (Å²) in [5, 5.41) is 4.78. The molecule has 1 aromatic carbocycles. The first kappa shape index (κ1) is 17.4. The lowest BCUT2D eigenvalue weighted by atomic mass is 10.1. The van der Waals surface area contributed by atoms with Gasteiger partial charge in [0.05, 0.1) is 29.9 Å².